The summed E-state index contributed by atoms with van der Waals surface area (Å²) < 4.78 is 6.43. The van der Waals surface area contributed by atoms with Crippen molar-refractivity contribution in [1.29, 1.82) is 0 Å². The van der Waals surface area contributed by atoms with Gasteiger partial charge in [-0.05, 0) is 42.8 Å². The number of phenolic OH excluding ortho intramolecular Hbond substituents is 1. The van der Waals surface area contributed by atoms with E-state index < -0.39 is 8.32 Å². The second-order valence-corrected chi connectivity index (χ2v) is 12.1. The van der Waals surface area contributed by atoms with Gasteiger partial charge in [-0.15, -0.1) is 0 Å². The van der Waals surface area contributed by atoms with Gasteiger partial charge >= 0.3 is 0 Å². The predicted octanol–water partition coefficient (Wildman–Crippen LogP) is 4.32. The van der Waals surface area contributed by atoms with Crippen LogP contribution in [-0.2, 0) is 4.43 Å². The molecule has 1 heterocycles. The first-order valence-electron chi connectivity index (χ1n) is 7.55. The van der Waals surface area contributed by atoms with E-state index in [2.05, 4.69) is 38.8 Å². The first-order valence-corrected chi connectivity index (χ1v) is 10.5. The maximum atomic E-state index is 11.5. The molecule has 0 bridgehead atoms. The molecule has 120 valence electrons. The molecule has 22 heavy (non-hydrogen) atoms. The van der Waals surface area contributed by atoms with Crippen molar-refractivity contribution in [1.82, 2.24) is 4.98 Å². The van der Waals surface area contributed by atoms with E-state index in [1.807, 2.05) is 13.0 Å². The Morgan fingerprint density at radius 2 is 1.82 bits per heavy atom. The Balaban J connectivity index is 2.47. The maximum absolute atomic E-state index is 11.5. The Morgan fingerprint density at radius 1 is 1.18 bits per heavy atom. The first kappa shape index (κ1) is 16.8. The predicted molar refractivity (Wildman–Crippen MR) is 92.9 cm³/mol. The summed E-state index contributed by atoms with van der Waals surface area (Å²) in [6.07, 6.45) is -0.102. The second-order valence-electron chi connectivity index (χ2n) is 7.31. The number of rotatable bonds is 3. The molecule has 2 N–H and O–H groups in total. The van der Waals surface area contributed by atoms with E-state index >= 15 is 0 Å². The number of fused-ring (bicyclic) bond motifs is 1. The highest BCUT2D eigenvalue weighted by Gasteiger charge is 2.38. The van der Waals surface area contributed by atoms with Crippen molar-refractivity contribution in [2.24, 2.45) is 0 Å². The van der Waals surface area contributed by atoms with Crippen LogP contribution in [0.25, 0.3) is 10.9 Å². The maximum Gasteiger partial charge on any atom is 0.248 e. The fourth-order valence-electron chi connectivity index (χ4n) is 2.30. The minimum absolute atomic E-state index is 0.0796. The van der Waals surface area contributed by atoms with Crippen molar-refractivity contribution in [3.8, 4) is 5.75 Å². The van der Waals surface area contributed by atoms with Crippen LogP contribution in [0.2, 0.25) is 18.1 Å². The quantitative estimate of drug-likeness (QED) is 0.828. The molecule has 0 aliphatic heterocycles. The zero-order chi connectivity index (χ0) is 16.7. The lowest BCUT2D eigenvalue weighted by Gasteiger charge is -2.38. The van der Waals surface area contributed by atoms with E-state index in [0.29, 0.717) is 5.52 Å². The smallest absolute Gasteiger partial charge is 0.248 e. The molecule has 1 aromatic heterocycles. The number of nitrogens with one attached hydrogen (secondary N) is 1. The number of H-pyrrole nitrogens is 1. The number of aromatic amines is 1. The van der Waals surface area contributed by atoms with Gasteiger partial charge in [0.15, 0.2) is 8.32 Å². The van der Waals surface area contributed by atoms with Crippen molar-refractivity contribution < 1.29 is 9.53 Å². The number of aromatic nitrogens is 1. The van der Waals surface area contributed by atoms with Crippen molar-refractivity contribution in [2.45, 2.75) is 51.9 Å². The summed E-state index contributed by atoms with van der Waals surface area (Å²) >= 11 is 0. The van der Waals surface area contributed by atoms with Crippen LogP contribution in [0.3, 0.4) is 0 Å². The second kappa shape index (κ2) is 5.55. The molecule has 0 aliphatic carbocycles. The fraction of sp³-hybridized carbons (Fsp3) is 0.471. The minimum atomic E-state index is -1.90. The third-order valence-electron chi connectivity index (χ3n) is 4.62. The van der Waals surface area contributed by atoms with Gasteiger partial charge in [0.1, 0.15) is 5.75 Å². The molecule has 0 amide bonds. The molecule has 0 saturated heterocycles. The molecule has 0 radical (unpaired) electrons. The third-order valence-corrected chi connectivity index (χ3v) is 9.18. The number of benzene rings is 1. The van der Waals surface area contributed by atoms with Crippen LogP contribution in [0.5, 0.6) is 5.75 Å². The van der Waals surface area contributed by atoms with Crippen molar-refractivity contribution in [3.63, 3.8) is 0 Å². The highest BCUT2D eigenvalue weighted by Crippen LogP contribution is 2.40. The molecule has 1 atom stereocenters. The Hall–Kier alpha value is -1.59. The molecule has 0 aliphatic rings. The Kier molecular flexibility index (Phi) is 4.23. The fourth-order valence-corrected chi connectivity index (χ4v) is 3.66. The van der Waals surface area contributed by atoms with Gasteiger partial charge in [0.25, 0.3) is 0 Å². The summed E-state index contributed by atoms with van der Waals surface area (Å²) in [4.78, 5) is 14.2. The molecule has 2 aromatic rings. The lowest BCUT2D eigenvalue weighted by molar-refractivity contribution is 0.204. The largest absolute Gasteiger partial charge is 0.506 e. The molecular formula is C17H25NO3Si. The van der Waals surface area contributed by atoms with E-state index in [1.54, 1.807) is 12.1 Å². The zero-order valence-electron chi connectivity index (χ0n) is 14.2. The normalized spacial score (nSPS) is 14.3. The molecule has 0 unspecified atom stereocenters. The van der Waals surface area contributed by atoms with Gasteiger partial charge in [0.05, 0.1) is 11.6 Å². The summed E-state index contributed by atoms with van der Waals surface area (Å²) in [6, 6.07) is 6.70. The van der Waals surface area contributed by atoms with Crippen molar-refractivity contribution in [3.05, 3.63) is 40.2 Å². The van der Waals surface area contributed by atoms with E-state index in [9.17, 15) is 9.90 Å². The van der Waals surface area contributed by atoms with Crippen LogP contribution >= 0.6 is 0 Å². The standard InChI is InChI=1S/C17H25NO3Si/c1-11(21-22(5,6)17(2,3)4)12-7-9-14(19)16-13(12)8-10-15(20)18-16/h7-11,19H,1-6H3,(H,18,20)/t11-/m1/s1. The Bertz CT molecular complexity index is 744. The van der Waals surface area contributed by atoms with Crippen LogP contribution < -0.4 is 5.56 Å². The first-order chi connectivity index (χ1) is 10.0. The van der Waals surface area contributed by atoms with Gasteiger partial charge in [-0.25, -0.2) is 0 Å². The third kappa shape index (κ3) is 3.10. The zero-order valence-corrected chi connectivity index (χ0v) is 15.2. The average Bonchev–Trinajstić information content (AvgIpc) is 2.37. The van der Waals surface area contributed by atoms with Gasteiger partial charge < -0.3 is 14.5 Å². The van der Waals surface area contributed by atoms with E-state index in [-0.39, 0.29) is 22.5 Å². The van der Waals surface area contributed by atoms with Gasteiger partial charge in [0, 0.05) is 11.5 Å². The van der Waals surface area contributed by atoms with Gasteiger partial charge in [-0.2, -0.15) is 0 Å². The van der Waals surface area contributed by atoms with E-state index in [0.717, 1.165) is 10.9 Å². The molecular weight excluding hydrogens is 294 g/mol. The summed E-state index contributed by atoms with van der Waals surface area (Å²) in [5.74, 6) is 0.0796. The number of pyridine rings is 1. The van der Waals surface area contributed by atoms with Crippen LogP contribution in [0, 0.1) is 0 Å². The highest BCUT2D eigenvalue weighted by atomic mass is 28.4. The molecule has 1 aromatic carbocycles. The number of aromatic hydroxyl groups is 1. The van der Waals surface area contributed by atoms with Gasteiger partial charge in [-0.1, -0.05) is 26.8 Å². The molecule has 5 heteroatoms. The van der Waals surface area contributed by atoms with Crippen LogP contribution in [0.15, 0.2) is 29.1 Å². The van der Waals surface area contributed by atoms with Crippen molar-refractivity contribution in [2.75, 3.05) is 0 Å². The van der Waals surface area contributed by atoms with Gasteiger partial charge in [-0.3, -0.25) is 4.79 Å². The summed E-state index contributed by atoms with van der Waals surface area (Å²) in [7, 11) is -1.90. The number of hydrogen-bond acceptors (Lipinski definition) is 3. The summed E-state index contributed by atoms with van der Waals surface area (Å²) in [5.41, 5.74) is 1.22. The highest BCUT2D eigenvalue weighted by molar-refractivity contribution is 6.74. The molecule has 0 fully saturated rings. The van der Waals surface area contributed by atoms with Crippen LogP contribution in [-0.4, -0.2) is 18.4 Å². The monoisotopic (exact) mass is 319 g/mol. The number of hydrogen-bond donors (Lipinski definition) is 2. The molecule has 2 rings (SSSR count). The summed E-state index contributed by atoms with van der Waals surface area (Å²) in [6.45, 7) is 13.1. The topological polar surface area (TPSA) is 62.3 Å². The summed E-state index contributed by atoms with van der Waals surface area (Å²) in [5, 5.41) is 10.9. The minimum Gasteiger partial charge on any atom is -0.506 e. The molecule has 0 spiro atoms. The van der Waals surface area contributed by atoms with Crippen LogP contribution in [0.4, 0.5) is 0 Å². The Labute approximate surface area is 132 Å². The van der Waals surface area contributed by atoms with Crippen molar-refractivity contribution >= 4 is 19.2 Å². The lowest BCUT2D eigenvalue weighted by atomic mass is 10.0. The SMILES string of the molecule is C[C@@H](O[Si](C)(C)C(C)(C)C)c1ccc(O)c2[nH]c(=O)ccc12. The molecule has 4 nitrogen and oxygen atoms in total. The van der Waals surface area contributed by atoms with E-state index in [1.165, 1.54) is 6.07 Å². The van der Waals surface area contributed by atoms with Crippen LogP contribution in [0.1, 0.15) is 39.4 Å². The molecule has 0 saturated carbocycles. The van der Waals surface area contributed by atoms with E-state index in [4.69, 9.17) is 4.43 Å². The lowest BCUT2D eigenvalue weighted by Crippen LogP contribution is -2.41. The Morgan fingerprint density at radius 3 is 2.41 bits per heavy atom. The van der Waals surface area contributed by atoms with Gasteiger partial charge in [0.2, 0.25) is 5.56 Å². The number of phenols is 1. The average molecular weight is 319 g/mol.